The molecule has 0 unspecified atom stereocenters. The van der Waals surface area contributed by atoms with Crippen LogP contribution in [0.3, 0.4) is 0 Å². The van der Waals surface area contributed by atoms with Gasteiger partial charge in [0.15, 0.2) is 0 Å². The van der Waals surface area contributed by atoms with E-state index in [0.29, 0.717) is 25.9 Å². The van der Waals surface area contributed by atoms with Crippen LogP contribution in [-0.2, 0) is 14.3 Å². The highest BCUT2D eigenvalue weighted by atomic mass is 16.6. The Bertz CT molecular complexity index is 499. The molecule has 2 N–H and O–H groups in total. The summed E-state index contributed by atoms with van der Waals surface area (Å²) in [5, 5.41) is 13.8. The summed E-state index contributed by atoms with van der Waals surface area (Å²) >= 11 is 0. The number of likely N-dealkylation sites (tertiary alicyclic amines) is 1. The molecule has 1 heterocycles. The van der Waals surface area contributed by atoms with Gasteiger partial charge in [0.1, 0.15) is 12.0 Å². The number of hydrogen-bond donors (Lipinski definition) is 2. The first-order valence-electron chi connectivity index (χ1n) is 8.12. The Morgan fingerprint density at radius 2 is 1.88 bits per heavy atom. The molecule has 0 atom stereocenters. The van der Waals surface area contributed by atoms with Crippen molar-refractivity contribution in [2.45, 2.75) is 58.1 Å². The van der Waals surface area contributed by atoms with Crippen LogP contribution in [0.4, 0.5) is 4.79 Å². The van der Waals surface area contributed by atoms with Gasteiger partial charge in [0.2, 0.25) is 11.8 Å². The van der Waals surface area contributed by atoms with Gasteiger partial charge in [-0.15, -0.1) is 0 Å². The molecule has 134 valence electrons. The van der Waals surface area contributed by atoms with Crippen molar-refractivity contribution in [2.75, 3.05) is 19.6 Å². The van der Waals surface area contributed by atoms with Crippen LogP contribution in [-0.4, -0.2) is 54.1 Å². The van der Waals surface area contributed by atoms with Crippen LogP contribution in [0.25, 0.3) is 0 Å². The third-order valence-electron chi connectivity index (χ3n) is 3.46. The average molecular weight is 338 g/mol. The minimum absolute atomic E-state index is 0.00906. The van der Waals surface area contributed by atoms with Gasteiger partial charge in [-0.3, -0.25) is 9.59 Å². The molecule has 1 aliphatic rings. The maximum atomic E-state index is 12.1. The standard InChI is InChI=1S/C16H26N4O4/c1-16(2,3)24-15(23)18-9-5-14(22)20-10-6-12(7-11-20)19-13(21)4-8-17/h12H,4-7,9-11H2,1-3H3,(H,18,23)(H,19,21). The number of amides is 3. The highest BCUT2D eigenvalue weighted by Gasteiger charge is 2.23. The summed E-state index contributed by atoms with van der Waals surface area (Å²) in [4.78, 5) is 36.7. The predicted molar refractivity (Wildman–Crippen MR) is 86.8 cm³/mol. The van der Waals surface area contributed by atoms with Gasteiger partial charge in [0.25, 0.3) is 0 Å². The minimum Gasteiger partial charge on any atom is -0.444 e. The number of carbonyl (C=O) groups excluding carboxylic acids is 3. The molecule has 3 amide bonds. The average Bonchev–Trinajstić information content (AvgIpc) is 2.46. The number of carbonyl (C=O) groups is 3. The molecule has 8 nitrogen and oxygen atoms in total. The fourth-order valence-corrected chi connectivity index (χ4v) is 2.37. The number of nitrogens with zero attached hydrogens (tertiary/aromatic N) is 2. The van der Waals surface area contributed by atoms with E-state index in [1.807, 2.05) is 6.07 Å². The van der Waals surface area contributed by atoms with E-state index in [1.54, 1.807) is 25.7 Å². The molecular formula is C16H26N4O4. The lowest BCUT2D eigenvalue weighted by atomic mass is 10.0. The van der Waals surface area contributed by atoms with Gasteiger partial charge in [-0.2, -0.15) is 5.26 Å². The zero-order chi connectivity index (χ0) is 18.2. The van der Waals surface area contributed by atoms with Crippen molar-refractivity contribution in [3.05, 3.63) is 0 Å². The number of hydrogen-bond acceptors (Lipinski definition) is 5. The zero-order valence-corrected chi connectivity index (χ0v) is 14.6. The molecule has 0 bridgehead atoms. The zero-order valence-electron chi connectivity index (χ0n) is 14.6. The summed E-state index contributed by atoms with van der Waals surface area (Å²) in [5.41, 5.74) is -0.564. The lowest BCUT2D eigenvalue weighted by molar-refractivity contribution is -0.132. The first-order valence-corrected chi connectivity index (χ1v) is 8.12. The normalized spacial score (nSPS) is 15.3. The molecule has 0 saturated carbocycles. The Kier molecular flexibility index (Phi) is 7.49. The predicted octanol–water partition coefficient (Wildman–Crippen LogP) is 0.922. The summed E-state index contributed by atoms with van der Waals surface area (Å²) in [6.45, 7) is 6.67. The Morgan fingerprint density at radius 3 is 2.42 bits per heavy atom. The molecule has 1 fully saturated rings. The van der Waals surface area contributed by atoms with Gasteiger partial charge in [-0.25, -0.2) is 4.79 Å². The highest BCUT2D eigenvalue weighted by Crippen LogP contribution is 2.12. The summed E-state index contributed by atoms with van der Waals surface area (Å²) in [6, 6.07) is 1.82. The van der Waals surface area contributed by atoms with Crippen LogP contribution >= 0.6 is 0 Å². The summed E-state index contributed by atoms with van der Waals surface area (Å²) in [5.74, 6) is -0.309. The topological polar surface area (TPSA) is 112 Å². The molecule has 1 saturated heterocycles. The lowest BCUT2D eigenvalue weighted by Gasteiger charge is -2.32. The van der Waals surface area contributed by atoms with Crippen molar-refractivity contribution >= 4 is 17.9 Å². The molecule has 1 rings (SSSR count). The second kappa shape index (κ2) is 9.11. The SMILES string of the molecule is CC(C)(C)OC(=O)NCCC(=O)N1CCC(NC(=O)CC#N)CC1. The van der Waals surface area contributed by atoms with E-state index >= 15 is 0 Å². The maximum absolute atomic E-state index is 12.1. The maximum Gasteiger partial charge on any atom is 0.407 e. The summed E-state index contributed by atoms with van der Waals surface area (Å²) in [7, 11) is 0. The molecule has 0 aliphatic carbocycles. The fourth-order valence-electron chi connectivity index (χ4n) is 2.37. The minimum atomic E-state index is -0.564. The fraction of sp³-hybridized carbons (Fsp3) is 0.750. The van der Waals surface area contributed by atoms with E-state index in [0.717, 1.165) is 0 Å². The third kappa shape index (κ3) is 7.81. The van der Waals surface area contributed by atoms with Crippen LogP contribution < -0.4 is 10.6 Å². The van der Waals surface area contributed by atoms with E-state index in [4.69, 9.17) is 10.00 Å². The van der Waals surface area contributed by atoms with E-state index in [9.17, 15) is 14.4 Å². The molecule has 1 aliphatic heterocycles. The van der Waals surface area contributed by atoms with Crippen LogP contribution in [0, 0.1) is 11.3 Å². The van der Waals surface area contributed by atoms with Crippen LogP contribution in [0.2, 0.25) is 0 Å². The number of ether oxygens (including phenoxy) is 1. The van der Waals surface area contributed by atoms with E-state index in [1.165, 1.54) is 0 Å². The molecule has 0 spiro atoms. The number of nitrogens with one attached hydrogen (secondary N) is 2. The number of rotatable bonds is 5. The Hall–Kier alpha value is -2.30. The monoisotopic (exact) mass is 338 g/mol. The van der Waals surface area contributed by atoms with Crippen LogP contribution in [0.5, 0.6) is 0 Å². The molecule has 0 aromatic heterocycles. The van der Waals surface area contributed by atoms with Crippen LogP contribution in [0.15, 0.2) is 0 Å². The highest BCUT2D eigenvalue weighted by molar-refractivity contribution is 5.79. The number of nitriles is 1. The van der Waals surface area contributed by atoms with E-state index in [2.05, 4.69) is 10.6 Å². The second-order valence-electron chi connectivity index (χ2n) is 6.74. The van der Waals surface area contributed by atoms with Gasteiger partial charge in [0, 0.05) is 32.1 Å². The van der Waals surface area contributed by atoms with Crippen LogP contribution in [0.1, 0.15) is 46.5 Å². The molecule has 0 aromatic rings. The second-order valence-corrected chi connectivity index (χ2v) is 6.74. The smallest absolute Gasteiger partial charge is 0.407 e. The first kappa shape index (κ1) is 19.7. The van der Waals surface area contributed by atoms with Crippen molar-refractivity contribution in [3.8, 4) is 6.07 Å². The lowest BCUT2D eigenvalue weighted by Crippen LogP contribution is -2.47. The third-order valence-corrected chi connectivity index (χ3v) is 3.46. The molecule has 0 aromatic carbocycles. The molecule has 24 heavy (non-hydrogen) atoms. The number of alkyl carbamates (subject to hydrolysis) is 1. The Morgan fingerprint density at radius 1 is 1.25 bits per heavy atom. The molecular weight excluding hydrogens is 312 g/mol. The van der Waals surface area contributed by atoms with E-state index in [-0.39, 0.29) is 37.2 Å². The van der Waals surface area contributed by atoms with Crippen molar-refractivity contribution in [3.63, 3.8) is 0 Å². The van der Waals surface area contributed by atoms with Crippen molar-refractivity contribution in [2.24, 2.45) is 0 Å². The van der Waals surface area contributed by atoms with Gasteiger partial charge in [-0.1, -0.05) is 0 Å². The van der Waals surface area contributed by atoms with E-state index < -0.39 is 11.7 Å². The Balaban J connectivity index is 2.23. The first-order chi connectivity index (χ1) is 11.2. The van der Waals surface area contributed by atoms with Gasteiger partial charge >= 0.3 is 6.09 Å². The van der Waals surface area contributed by atoms with Crippen molar-refractivity contribution < 1.29 is 19.1 Å². The quantitative estimate of drug-likeness (QED) is 0.774. The largest absolute Gasteiger partial charge is 0.444 e. The van der Waals surface area contributed by atoms with Gasteiger partial charge in [-0.05, 0) is 33.6 Å². The van der Waals surface area contributed by atoms with Crippen molar-refractivity contribution in [1.29, 1.82) is 5.26 Å². The molecule has 0 radical (unpaired) electrons. The van der Waals surface area contributed by atoms with Gasteiger partial charge < -0.3 is 20.3 Å². The summed E-state index contributed by atoms with van der Waals surface area (Å²) < 4.78 is 5.10. The number of piperidine rings is 1. The van der Waals surface area contributed by atoms with Crippen molar-refractivity contribution in [1.82, 2.24) is 15.5 Å². The van der Waals surface area contributed by atoms with Gasteiger partial charge in [0.05, 0.1) is 6.07 Å². The Labute approximate surface area is 142 Å². The summed E-state index contributed by atoms with van der Waals surface area (Å²) in [6.07, 6.45) is 0.875. The molecule has 8 heteroatoms.